The average molecular weight is 195 g/mol. The Bertz CT molecular complexity index is 341. The highest BCUT2D eigenvalue weighted by molar-refractivity contribution is 6.31. The zero-order valence-corrected chi connectivity index (χ0v) is 8.39. The fraction of sp³-hybridized carbons (Fsp3) is 0.300. The van der Waals surface area contributed by atoms with E-state index in [-0.39, 0.29) is 6.04 Å². The minimum absolute atomic E-state index is 0.196. The van der Waals surface area contributed by atoms with Crippen LogP contribution in [0.5, 0.6) is 0 Å². The first-order valence-corrected chi connectivity index (χ1v) is 4.43. The van der Waals surface area contributed by atoms with Gasteiger partial charge in [0.25, 0.3) is 0 Å². The summed E-state index contributed by atoms with van der Waals surface area (Å²) in [6, 6.07) is 7.56. The van der Waals surface area contributed by atoms with Crippen LogP contribution in [0.25, 0.3) is 0 Å². The van der Waals surface area contributed by atoms with Gasteiger partial charge in [0, 0.05) is 10.7 Å². The Balaban J connectivity index is 2.81. The van der Waals surface area contributed by atoms with Crippen LogP contribution in [0.2, 0.25) is 5.02 Å². The average Bonchev–Trinajstić information content (AvgIpc) is 2.11. The van der Waals surface area contributed by atoms with Crippen LogP contribution in [0.4, 0.5) is 5.69 Å². The van der Waals surface area contributed by atoms with Crippen LogP contribution in [0.1, 0.15) is 12.5 Å². The molecule has 13 heavy (non-hydrogen) atoms. The van der Waals surface area contributed by atoms with Crippen molar-refractivity contribution in [3.8, 4) is 6.07 Å². The fourth-order valence-electron chi connectivity index (χ4n) is 0.965. The predicted octanol–water partition coefficient (Wildman–Crippen LogP) is 2.97. The van der Waals surface area contributed by atoms with Crippen molar-refractivity contribution in [1.82, 2.24) is 0 Å². The van der Waals surface area contributed by atoms with Crippen molar-refractivity contribution in [2.24, 2.45) is 0 Å². The first-order chi connectivity index (χ1) is 6.13. The van der Waals surface area contributed by atoms with Gasteiger partial charge in [-0.3, -0.25) is 0 Å². The van der Waals surface area contributed by atoms with Crippen molar-refractivity contribution in [1.29, 1.82) is 5.26 Å². The number of nitrogens with one attached hydrogen (secondary N) is 1. The Kier molecular flexibility index (Phi) is 3.16. The summed E-state index contributed by atoms with van der Waals surface area (Å²) in [5.41, 5.74) is 1.92. The summed E-state index contributed by atoms with van der Waals surface area (Å²) in [6.45, 7) is 3.74. The van der Waals surface area contributed by atoms with Gasteiger partial charge in [-0.05, 0) is 31.5 Å². The Morgan fingerprint density at radius 3 is 2.77 bits per heavy atom. The smallest absolute Gasteiger partial charge is 0.111 e. The van der Waals surface area contributed by atoms with Crippen molar-refractivity contribution >= 4 is 17.3 Å². The van der Waals surface area contributed by atoms with Crippen LogP contribution >= 0.6 is 11.6 Å². The number of nitriles is 1. The van der Waals surface area contributed by atoms with Crippen LogP contribution in [0, 0.1) is 18.3 Å². The molecule has 0 aromatic heterocycles. The van der Waals surface area contributed by atoms with E-state index in [1.807, 2.05) is 25.1 Å². The van der Waals surface area contributed by atoms with Gasteiger partial charge in [0.05, 0.1) is 6.07 Å². The molecule has 0 radical (unpaired) electrons. The quantitative estimate of drug-likeness (QED) is 0.786. The molecular weight excluding hydrogens is 184 g/mol. The molecule has 1 atom stereocenters. The van der Waals surface area contributed by atoms with E-state index in [0.29, 0.717) is 0 Å². The Hall–Kier alpha value is -1.20. The predicted molar refractivity (Wildman–Crippen MR) is 54.9 cm³/mol. The maximum atomic E-state index is 8.57. The lowest BCUT2D eigenvalue weighted by Crippen LogP contribution is -2.11. The molecule has 0 fully saturated rings. The van der Waals surface area contributed by atoms with Crippen LogP contribution in [-0.4, -0.2) is 6.04 Å². The maximum absolute atomic E-state index is 8.57. The summed E-state index contributed by atoms with van der Waals surface area (Å²) in [5.74, 6) is 0. The molecule has 2 nitrogen and oxygen atoms in total. The van der Waals surface area contributed by atoms with Gasteiger partial charge in [-0.15, -0.1) is 0 Å². The molecule has 0 amide bonds. The summed E-state index contributed by atoms with van der Waals surface area (Å²) in [7, 11) is 0. The number of anilines is 1. The van der Waals surface area contributed by atoms with Gasteiger partial charge in [0.1, 0.15) is 6.04 Å². The van der Waals surface area contributed by atoms with Crippen molar-refractivity contribution in [2.75, 3.05) is 5.32 Å². The second kappa shape index (κ2) is 4.15. The molecule has 0 heterocycles. The molecule has 0 aliphatic heterocycles. The second-order valence-electron chi connectivity index (χ2n) is 2.96. The third-order valence-corrected chi connectivity index (χ3v) is 2.16. The normalized spacial score (nSPS) is 11.8. The lowest BCUT2D eigenvalue weighted by molar-refractivity contribution is 1.01. The van der Waals surface area contributed by atoms with Crippen LogP contribution in [-0.2, 0) is 0 Å². The minimum atomic E-state index is -0.196. The van der Waals surface area contributed by atoms with Gasteiger partial charge >= 0.3 is 0 Å². The van der Waals surface area contributed by atoms with E-state index in [2.05, 4.69) is 11.4 Å². The van der Waals surface area contributed by atoms with Gasteiger partial charge in [-0.1, -0.05) is 17.7 Å². The van der Waals surface area contributed by atoms with Crippen molar-refractivity contribution in [2.45, 2.75) is 19.9 Å². The summed E-state index contributed by atoms with van der Waals surface area (Å²) in [5, 5.41) is 12.3. The number of halogens is 1. The number of aryl methyl sites for hydroxylation is 1. The molecule has 0 bridgehead atoms. The largest absolute Gasteiger partial charge is 0.370 e. The third-order valence-electron chi connectivity index (χ3n) is 1.75. The summed E-state index contributed by atoms with van der Waals surface area (Å²) in [6.07, 6.45) is 0. The topological polar surface area (TPSA) is 35.8 Å². The van der Waals surface area contributed by atoms with Crippen LogP contribution in [0.15, 0.2) is 18.2 Å². The molecule has 1 N–H and O–H groups in total. The van der Waals surface area contributed by atoms with E-state index in [1.165, 1.54) is 0 Å². The molecule has 1 unspecified atom stereocenters. The highest BCUT2D eigenvalue weighted by Gasteiger charge is 2.00. The van der Waals surface area contributed by atoms with E-state index >= 15 is 0 Å². The SMILES string of the molecule is Cc1ccc(NC(C)C#N)cc1Cl. The standard InChI is InChI=1S/C10H11ClN2/c1-7-3-4-9(5-10(7)11)13-8(2)6-12/h3-5,8,13H,1-2H3. The highest BCUT2D eigenvalue weighted by Crippen LogP contribution is 2.20. The highest BCUT2D eigenvalue weighted by atomic mass is 35.5. The number of benzene rings is 1. The lowest BCUT2D eigenvalue weighted by atomic mass is 10.2. The number of nitrogens with zero attached hydrogens (tertiary/aromatic N) is 1. The molecule has 0 saturated carbocycles. The van der Waals surface area contributed by atoms with Gasteiger partial charge in [-0.2, -0.15) is 5.26 Å². The second-order valence-corrected chi connectivity index (χ2v) is 3.37. The van der Waals surface area contributed by atoms with Crippen LogP contribution in [0.3, 0.4) is 0 Å². The number of rotatable bonds is 2. The molecule has 0 aliphatic carbocycles. The summed E-state index contributed by atoms with van der Waals surface area (Å²) < 4.78 is 0. The van der Waals surface area contributed by atoms with E-state index in [1.54, 1.807) is 6.92 Å². The van der Waals surface area contributed by atoms with Crippen molar-refractivity contribution in [3.05, 3.63) is 28.8 Å². The Morgan fingerprint density at radius 1 is 1.54 bits per heavy atom. The molecule has 0 aliphatic rings. The molecular formula is C10H11ClN2. The Labute approximate surface area is 83.1 Å². The van der Waals surface area contributed by atoms with Gasteiger partial charge < -0.3 is 5.32 Å². The molecule has 1 aromatic carbocycles. The number of hydrogen-bond donors (Lipinski definition) is 1. The third kappa shape index (κ3) is 2.64. The molecule has 0 spiro atoms. The van der Waals surface area contributed by atoms with E-state index in [0.717, 1.165) is 16.3 Å². The monoisotopic (exact) mass is 194 g/mol. The van der Waals surface area contributed by atoms with E-state index in [4.69, 9.17) is 16.9 Å². The maximum Gasteiger partial charge on any atom is 0.111 e. The summed E-state index contributed by atoms with van der Waals surface area (Å²) in [4.78, 5) is 0. The molecule has 1 rings (SSSR count). The number of hydrogen-bond acceptors (Lipinski definition) is 2. The first kappa shape index (κ1) is 9.88. The fourth-order valence-corrected chi connectivity index (χ4v) is 1.15. The zero-order valence-electron chi connectivity index (χ0n) is 7.63. The zero-order chi connectivity index (χ0) is 9.84. The van der Waals surface area contributed by atoms with Gasteiger partial charge in [0.15, 0.2) is 0 Å². The van der Waals surface area contributed by atoms with Crippen LogP contribution < -0.4 is 5.32 Å². The van der Waals surface area contributed by atoms with Crippen molar-refractivity contribution < 1.29 is 0 Å². The molecule has 1 aromatic rings. The van der Waals surface area contributed by atoms with Gasteiger partial charge in [0.2, 0.25) is 0 Å². The first-order valence-electron chi connectivity index (χ1n) is 4.06. The molecule has 0 saturated heterocycles. The Morgan fingerprint density at radius 2 is 2.23 bits per heavy atom. The van der Waals surface area contributed by atoms with E-state index < -0.39 is 0 Å². The molecule has 68 valence electrons. The minimum Gasteiger partial charge on any atom is -0.370 e. The van der Waals surface area contributed by atoms with Gasteiger partial charge in [-0.25, -0.2) is 0 Å². The summed E-state index contributed by atoms with van der Waals surface area (Å²) >= 11 is 5.92. The van der Waals surface area contributed by atoms with E-state index in [9.17, 15) is 0 Å². The van der Waals surface area contributed by atoms with Crippen molar-refractivity contribution in [3.63, 3.8) is 0 Å². The molecule has 3 heteroatoms. The lowest BCUT2D eigenvalue weighted by Gasteiger charge is -2.08.